The fraction of sp³-hybridized carbons (Fsp3) is 0.647. The van der Waals surface area contributed by atoms with Crippen LogP contribution in [0.4, 0.5) is 11.6 Å². The first-order valence-corrected chi connectivity index (χ1v) is 8.83. The summed E-state index contributed by atoms with van der Waals surface area (Å²) in [6, 6.07) is 1.97. The molecule has 0 radical (unpaired) electrons. The van der Waals surface area contributed by atoms with Crippen molar-refractivity contribution in [3.63, 3.8) is 0 Å². The molecule has 2 fully saturated rings. The zero-order valence-corrected chi connectivity index (χ0v) is 14.9. The van der Waals surface area contributed by atoms with Gasteiger partial charge in [-0.2, -0.15) is 0 Å². The highest BCUT2D eigenvalue weighted by atomic mass is 16.2. The van der Waals surface area contributed by atoms with Gasteiger partial charge in [0.25, 0.3) is 0 Å². The molecule has 1 aromatic rings. The second kappa shape index (κ2) is 7.67. The molecular formula is C17H26N6O2. The monoisotopic (exact) mass is 346 g/mol. The smallest absolute Gasteiger partial charge is 0.241 e. The highest BCUT2D eigenvalue weighted by Crippen LogP contribution is 2.24. The van der Waals surface area contributed by atoms with Gasteiger partial charge in [0, 0.05) is 52.8 Å². The highest BCUT2D eigenvalue weighted by molar-refractivity contribution is 5.82. The molecule has 1 atom stereocenters. The minimum absolute atomic E-state index is 0.0150. The molecule has 0 saturated carbocycles. The van der Waals surface area contributed by atoms with Crippen LogP contribution in [-0.2, 0) is 9.59 Å². The van der Waals surface area contributed by atoms with Crippen LogP contribution in [0.3, 0.4) is 0 Å². The van der Waals surface area contributed by atoms with Gasteiger partial charge in [0.2, 0.25) is 11.8 Å². The minimum Gasteiger partial charge on any atom is -0.356 e. The van der Waals surface area contributed by atoms with Gasteiger partial charge in [0.15, 0.2) is 0 Å². The van der Waals surface area contributed by atoms with E-state index in [2.05, 4.69) is 20.2 Å². The van der Waals surface area contributed by atoms with Gasteiger partial charge in [-0.05, 0) is 18.8 Å². The summed E-state index contributed by atoms with van der Waals surface area (Å²) in [4.78, 5) is 37.8. The van der Waals surface area contributed by atoms with Crippen molar-refractivity contribution in [1.29, 1.82) is 0 Å². The van der Waals surface area contributed by atoms with Crippen LogP contribution in [0.1, 0.15) is 19.8 Å². The lowest BCUT2D eigenvalue weighted by molar-refractivity contribution is -0.129. The van der Waals surface area contributed by atoms with E-state index in [-0.39, 0.29) is 11.8 Å². The summed E-state index contributed by atoms with van der Waals surface area (Å²) in [6.45, 7) is 5.93. The Kier molecular flexibility index (Phi) is 5.35. The van der Waals surface area contributed by atoms with Crippen LogP contribution in [0, 0.1) is 5.92 Å². The fourth-order valence-electron chi connectivity index (χ4n) is 3.36. The van der Waals surface area contributed by atoms with Crippen molar-refractivity contribution in [2.45, 2.75) is 19.8 Å². The zero-order chi connectivity index (χ0) is 17.8. The molecule has 2 aliphatic rings. The lowest BCUT2D eigenvalue weighted by atomic mass is 9.98. The molecule has 3 heterocycles. The Morgan fingerprint density at radius 2 is 2.00 bits per heavy atom. The molecule has 8 nitrogen and oxygen atoms in total. The Bertz CT molecular complexity index is 637. The van der Waals surface area contributed by atoms with Crippen molar-refractivity contribution >= 4 is 23.5 Å². The van der Waals surface area contributed by atoms with E-state index < -0.39 is 0 Å². The van der Waals surface area contributed by atoms with Gasteiger partial charge in [0.1, 0.15) is 18.0 Å². The number of nitrogens with one attached hydrogen (secondary N) is 1. The predicted octanol–water partition coefficient (Wildman–Crippen LogP) is 0.108. The number of aromatic nitrogens is 2. The number of anilines is 2. The van der Waals surface area contributed by atoms with E-state index in [9.17, 15) is 9.59 Å². The number of nitrogens with zero attached hydrogens (tertiary/aromatic N) is 5. The van der Waals surface area contributed by atoms with Gasteiger partial charge < -0.3 is 20.0 Å². The first-order valence-electron chi connectivity index (χ1n) is 8.83. The van der Waals surface area contributed by atoms with E-state index in [1.807, 2.05) is 18.0 Å². The molecule has 1 aromatic heterocycles. The SMILES string of the molecule is CC(=O)NCC1CCCN(c2cc(N3CCN(C)C(=O)C3)ncn2)C1. The highest BCUT2D eigenvalue weighted by Gasteiger charge is 2.24. The minimum atomic E-state index is 0.0150. The molecule has 0 aliphatic carbocycles. The summed E-state index contributed by atoms with van der Waals surface area (Å²) in [5, 5.41) is 2.91. The number of amides is 2. The fourth-order valence-corrected chi connectivity index (χ4v) is 3.36. The van der Waals surface area contributed by atoms with Gasteiger partial charge in [-0.25, -0.2) is 9.97 Å². The largest absolute Gasteiger partial charge is 0.356 e. The van der Waals surface area contributed by atoms with Gasteiger partial charge >= 0.3 is 0 Å². The molecule has 25 heavy (non-hydrogen) atoms. The van der Waals surface area contributed by atoms with Crippen molar-refractivity contribution in [2.24, 2.45) is 5.92 Å². The van der Waals surface area contributed by atoms with Gasteiger partial charge in [0.05, 0.1) is 6.54 Å². The van der Waals surface area contributed by atoms with Crippen LogP contribution >= 0.6 is 0 Å². The first-order chi connectivity index (χ1) is 12.0. The molecule has 2 amide bonds. The number of hydrogen-bond donors (Lipinski definition) is 1. The van der Waals surface area contributed by atoms with Crippen molar-refractivity contribution in [3.05, 3.63) is 12.4 Å². The summed E-state index contributed by atoms with van der Waals surface area (Å²) in [5.74, 6) is 2.25. The molecule has 0 aromatic carbocycles. The Morgan fingerprint density at radius 1 is 1.24 bits per heavy atom. The van der Waals surface area contributed by atoms with E-state index in [4.69, 9.17) is 0 Å². The maximum atomic E-state index is 11.9. The zero-order valence-electron chi connectivity index (χ0n) is 14.9. The van der Waals surface area contributed by atoms with Crippen molar-refractivity contribution in [2.75, 3.05) is 56.1 Å². The molecule has 2 aliphatic heterocycles. The van der Waals surface area contributed by atoms with Crippen LogP contribution in [-0.4, -0.2) is 73.0 Å². The number of likely N-dealkylation sites (N-methyl/N-ethyl adjacent to an activating group) is 1. The van der Waals surface area contributed by atoms with E-state index in [1.54, 1.807) is 18.2 Å². The lowest BCUT2D eigenvalue weighted by Crippen LogP contribution is -2.49. The molecule has 1 N–H and O–H groups in total. The molecule has 136 valence electrons. The van der Waals surface area contributed by atoms with Crippen molar-refractivity contribution in [1.82, 2.24) is 20.2 Å². The predicted molar refractivity (Wildman–Crippen MR) is 95.5 cm³/mol. The summed E-state index contributed by atoms with van der Waals surface area (Å²) in [7, 11) is 1.83. The van der Waals surface area contributed by atoms with Gasteiger partial charge in [-0.1, -0.05) is 0 Å². The average Bonchev–Trinajstić information content (AvgIpc) is 2.62. The summed E-state index contributed by atoms with van der Waals surface area (Å²) >= 11 is 0. The number of rotatable bonds is 4. The van der Waals surface area contributed by atoms with Crippen molar-refractivity contribution in [3.8, 4) is 0 Å². The van der Waals surface area contributed by atoms with Crippen LogP contribution < -0.4 is 15.1 Å². The number of hydrogen-bond acceptors (Lipinski definition) is 6. The molecule has 2 saturated heterocycles. The van der Waals surface area contributed by atoms with E-state index in [1.165, 1.54) is 0 Å². The Labute approximate surface area is 148 Å². The molecule has 0 spiro atoms. The number of piperazine rings is 1. The quantitative estimate of drug-likeness (QED) is 0.833. The third kappa shape index (κ3) is 4.37. The molecule has 0 bridgehead atoms. The maximum absolute atomic E-state index is 11.9. The number of carbonyl (C=O) groups excluding carboxylic acids is 2. The molecule has 1 unspecified atom stereocenters. The Balaban J connectivity index is 1.66. The van der Waals surface area contributed by atoms with Crippen LogP contribution in [0.5, 0.6) is 0 Å². The molecule has 3 rings (SSSR count). The maximum Gasteiger partial charge on any atom is 0.241 e. The van der Waals surface area contributed by atoms with Crippen LogP contribution in [0.2, 0.25) is 0 Å². The number of piperidine rings is 1. The van der Waals surface area contributed by atoms with E-state index in [0.717, 1.165) is 44.1 Å². The summed E-state index contributed by atoms with van der Waals surface area (Å²) in [6.07, 6.45) is 3.77. The first kappa shape index (κ1) is 17.4. The summed E-state index contributed by atoms with van der Waals surface area (Å²) in [5.41, 5.74) is 0. The second-order valence-corrected chi connectivity index (χ2v) is 6.86. The number of carbonyl (C=O) groups is 2. The van der Waals surface area contributed by atoms with E-state index in [0.29, 0.717) is 25.6 Å². The third-order valence-electron chi connectivity index (χ3n) is 4.90. The summed E-state index contributed by atoms with van der Waals surface area (Å²) < 4.78 is 0. The Morgan fingerprint density at radius 3 is 2.72 bits per heavy atom. The van der Waals surface area contributed by atoms with Crippen molar-refractivity contribution < 1.29 is 9.59 Å². The van der Waals surface area contributed by atoms with Crippen LogP contribution in [0.15, 0.2) is 12.4 Å². The lowest BCUT2D eigenvalue weighted by Gasteiger charge is -2.35. The molecule has 8 heteroatoms. The van der Waals surface area contributed by atoms with E-state index >= 15 is 0 Å². The topological polar surface area (TPSA) is 81.7 Å². The third-order valence-corrected chi connectivity index (χ3v) is 4.90. The average molecular weight is 346 g/mol. The molecular weight excluding hydrogens is 320 g/mol. The Hall–Kier alpha value is -2.38. The second-order valence-electron chi connectivity index (χ2n) is 6.86. The van der Waals surface area contributed by atoms with Gasteiger partial charge in [-0.3, -0.25) is 9.59 Å². The van der Waals surface area contributed by atoms with Crippen LogP contribution in [0.25, 0.3) is 0 Å². The normalized spacial score (nSPS) is 21.4. The van der Waals surface area contributed by atoms with Gasteiger partial charge in [-0.15, -0.1) is 0 Å². The standard InChI is InChI=1S/C17H26N6O2/c1-13(24)18-9-14-4-3-5-22(10-14)15-8-16(20-12-19-15)23-7-6-21(2)17(25)11-23/h8,12,14H,3-7,9-11H2,1-2H3,(H,18,24).